The van der Waals surface area contributed by atoms with Gasteiger partial charge in [-0.15, -0.1) is 0 Å². The van der Waals surface area contributed by atoms with Gasteiger partial charge in [0.2, 0.25) is 0 Å². The molecule has 0 bridgehead atoms. The average Bonchev–Trinajstić information content (AvgIpc) is 3.35. The van der Waals surface area contributed by atoms with Gasteiger partial charge >= 0.3 is 0 Å². The summed E-state index contributed by atoms with van der Waals surface area (Å²) in [5.74, 6) is -0.864. The van der Waals surface area contributed by atoms with E-state index in [4.69, 9.17) is 9.78 Å². The molecule has 0 aliphatic carbocycles. The number of hydrogen-bond acceptors (Lipinski definition) is 6. The first-order chi connectivity index (χ1) is 13.7. The van der Waals surface area contributed by atoms with Gasteiger partial charge in [0.15, 0.2) is 11.6 Å². The fraction of sp³-hybridized carbons (Fsp3) is 0.105. The predicted molar refractivity (Wildman–Crippen MR) is 93.5 cm³/mol. The lowest BCUT2D eigenvalue weighted by Gasteiger charge is -2.06. The van der Waals surface area contributed by atoms with Crippen LogP contribution in [-0.4, -0.2) is 24.9 Å². The molecule has 3 aromatic heterocycles. The van der Waals surface area contributed by atoms with E-state index in [0.717, 1.165) is 6.20 Å². The van der Waals surface area contributed by atoms with Crippen LogP contribution in [0.25, 0.3) is 22.9 Å². The average molecular weight is 378 g/mol. The first kappa shape index (κ1) is 17.5. The van der Waals surface area contributed by atoms with Crippen LogP contribution >= 0.6 is 0 Å². The molecule has 0 N–H and O–H groups in total. The molecule has 0 unspecified atom stereocenters. The topological polar surface area (TPSA) is 93.4 Å². The van der Waals surface area contributed by atoms with Gasteiger partial charge < -0.3 is 4.52 Å². The molecule has 3 heterocycles. The molecule has 4 aromatic rings. The maximum absolute atomic E-state index is 14.1. The third kappa shape index (κ3) is 3.35. The minimum atomic E-state index is -0.659. The number of rotatable bonds is 5. The zero-order valence-electron chi connectivity index (χ0n) is 14.4. The predicted octanol–water partition coefficient (Wildman–Crippen LogP) is 3.39. The largest absolute Gasteiger partial charge is 0.364 e. The molecule has 1 aromatic carbocycles. The van der Waals surface area contributed by atoms with Gasteiger partial charge in [0.25, 0.3) is 0 Å². The fourth-order valence-electron chi connectivity index (χ4n) is 2.71. The first-order valence-corrected chi connectivity index (χ1v) is 8.26. The summed E-state index contributed by atoms with van der Waals surface area (Å²) >= 11 is 0. The summed E-state index contributed by atoms with van der Waals surface area (Å²) in [5, 5.41) is 17.2. The molecule has 138 valence electrons. The third-order valence-electron chi connectivity index (χ3n) is 4.05. The highest BCUT2D eigenvalue weighted by molar-refractivity contribution is 5.62. The highest BCUT2D eigenvalue weighted by Gasteiger charge is 2.18. The lowest BCUT2D eigenvalue weighted by Crippen LogP contribution is -2.06. The van der Waals surface area contributed by atoms with Crippen molar-refractivity contribution in [3.63, 3.8) is 0 Å². The molecule has 9 heteroatoms. The summed E-state index contributed by atoms with van der Waals surface area (Å²) < 4.78 is 34.3. The number of nitriles is 1. The molecule has 0 saturated carbocycles. The van der Waals surface area contributed by atoms with Crippen molar-refractivity contribution in [3.8, 4) is 29.0 Å². The minimum Gasteiger partial charge on any atom is -0.364 e. The Bertz CT molecular complexity index is 1160. The SMILES string of the molecule is N#CCc1nc(-c2cc(-c3ccon3)n(Cc3ccccc3F)n2)ncc1F. The third-order valence-corrected chi connectivity index (χ3v) is 4.05. The molecule has 7 nitrogen and oxygen atoms in total. The summed E-state index contributed by atoms with van der Waals surface area (Å²) in [7, 11) is 0. The molecule has 0 amide bonds. The lowest BCUT2D eigenvalue weighted by molar-refractivity contribution is 0.421. The van der Waals surface area contributed by atoms with Crippen LogP contribution in [0.2, 0.25) is 0 Å². The van der Waals surface area contributed by atoms with Gasteiger partial charge in [0, 0.05) is 11.6 Å². The summed E-state index contributed by atoms with van der Waals surface area (Å²) in [6.45, 7) is 0.140. The van der Waals surface area contributed by atoms with E-state index in [9.17, 15) is 8.78 Å². The Hall–Kier alpha value is -3.93. The van der Waals surface area contributed by atoms with Crippen LogP contribution in [0.1, 0.15) is 11.3 Å². The first-order valence-electron chi connectivity index (χ1n) is 8.26. The highest BCUT2D eigenvalue weighted by Crippen LogP contribution is 2.25. The van der Waals surface area contributed by atoms with Crippen molar-refractivity contribution in [1.29, 1.82) is 5.26 Å². The van der Waals surface area contributed by atoms with E-state index in [1.54, 1.807) is 35.0 Å². The van der Waals surface area contributed by atoms with Crippen LogP contribution in [0.15, 0.2) is 53.4 Å². The number of benzene rings is 1. The van der Waals surface area contributed by atoms with E-state index in [-0.39, 0.29) is 30.3 Å². The second-order valence-corrected chi connectivity index (χ2v) is 5.87. The molecule has 0 aliphatic rings. The Morgan fingerprint density at radius 2 is 1.96 bits per heavy atom. The number of nitrogens with zero attached hydrogens (tertiary/aromatic N) is 6. The maximum Gasteiger partial charge on any atom is 0.180 e. The molecule has 0 fully saturated rings. The molecule has 4 rings (SSSR count). The quantitative estimate of drug-likeness (QED) is 0.528. The van der Waals surface area contributed by atoms with E-state index in [2.05, 4.69) is 20.2 Å². The van der Waals surface area contributed by atoms with Crippen LogP contribution in [0.3, 0.4) is 0 Å². The Morgan fingerprint density at radius 1 is 1.11 bits per heavy atom. The van der Waals surface area contributed by atoms with Crippen molar-refractivity contribution in [2.45, 2.75) is 13.0 Å². The summed E-state index contributed by atoms with van der Waals surface area (Å²) in [6.07, 6.45) is 2.23. The lowest BCUT2D eigenvalue weighted by atomic mass is 10.2. The van der Waals surface area contributed by atoms with Crippen LogP contribution < -0.4 is 0 Å². The number of halogens is 2. The standard InChI is InChI=1S/C19H12F2N6O/c20-13-4-2-1-3-12(13)11-27-18(16-6-8-28-26-16)9-17(25-27)19-23-10-14(21)15(24-19)5-7-22/h1-4,6,8-10H,5,11H2. The molecule has 0 atom stereocenters. The van der Waals surface area contributed by atoms with Crippen LogP contribution in [0, 0.1) is 23.0 Å². The fourth-order valence-corrected chi connectivity index (χ4v) is 2.71. The van der Waals surface area contributed by atoms with Crippen molar-refractivity contribution < 1.29 is 13.3 Å². The Labute approximate surface area is 157 Å². The smallest absolute Gasteiger partial charge is 0.180 e. The van der Waals surface area contributed by atoms with E-state index in [1.165, 1.54) is 12.3 Å². The zero-order valence-corrected chi connectivity index (χ0v) is 14.4. The monoisotopic (exact) mass is 378 g/mol. The molecule has 0 radical (unpaired) electrons. The van der Waals surface area contributed by atoms with Crippen LogP contribution in [-0.2, 0) is 13.0 Å². The number of aromatic nitrogens is 5. The van der Waals surface area contributed by atoms with E-state index in [0.29, 0.717) is 22.6 Å². The molecule has 28 heavy (non-hydrogen) atoms. The zero-order chi connectivity index (χ0) is 19.5. The summed E-state index contributed by atoms with van der Waals surface area (Å²) in [6, 6.07) is 11.5. The van der Waals surface area contributed by atoms with Gasteiger partial charge in [0.1, 0.15) is 23.5 Å². The minimum absolute atomic E-state index is 0.0147. The van der Waals surface area contributed by atoms with Crippen molar-refractivity contribution in [2.75, 3.05) is 0 Å². The molecular weight excluding hydrogens is 366 g/mol. The van der Waals surface area contributed by atoms with Crippen LogP contribution in [0.5, 0.6) is 0 Å². The molecular formula is C19H12F2N6O. The van der Waals surface area contributed by atoms with E-state index < -0.39 is 5.82 Å². The molecule has 0 spiro atoms. The highest BCUT2D eigenvalue weighted by atomic mass is 19.1. The summed E-state index contributed by atoms with van der Waals surface area (Å²) in [5.41, 5.74) is 1.82. The Balaban J connectivity index is 1.79. The van der Waals surface area contributed by atoms with Crippen molar-refractivity contribution in [3.05, 3.63) is 71.8 Å². The maximum atomic E-state index is 14.1. The van der Waals surface area contributed by atoms with Crippen molar-refractivity contribution in [1.82, 2.24) is 24.9 Å². The van der Waals surface area contributed by atoms with Gasteiger partial charge in [-0.3, -0.25) is 4.68 Å². The molecule has 0 saturated heterocycles. The van der Waals surface area contributed by atoms with Gasteiger partial charge in [-0.2, -0.15) is 10.4 Å². The summed E-state index contributed by atoms with van der Waals surface area (Å²) in [4.78, 5) is 8.05. The normalized spacial score (nSPS) is 10.8. The number of hydrogen-bond donors (Lipinski definition) is 0. The Kier molecular flexibility index (Phi) is 4.60. The van der Waals surface area contributed by atoms with Crippen LogP contribution in [0.4, 0.5) is 8.78 Å². The Morgan fingerprint density at radius 3 is 2.71 bits per heavy atom. The van der Waals surface area contributed by atoms with Crippen molar-refractivity contribution >= 4 is 0 Å². The molecule has 0 aliphatic heterocycles. The van der Waals surface area contributed by atoms with E-state index >= 15 is 0 Å². The van der Waals surface area contributed by atoms with E-state index in [1.807, 2.05) is 6.07 Å². The van der Waals surface area contributed by atoms with Crippen molar-refractivity contribution in [2.24, 2.45) is 0 Å². The van der Waals surface area contributed by atoms with Gasteiger partial charge in [-0.05, 0) is 12.1 Å². The van der Waals surface area contributed by atoms with Gasteiger partial charge in [0.05, 0.1) is 36.6 Å². The van der Waals surface area contributed by atoms with Gasteiger partial charge in [-0.1, -0.05) is 23.4 Å². The second-order valence-electron chi connectivity index (χ2n) is 5.87. The van der Waals surface area contributed by atoms with Gasteiger partial charge in [-0.25, -0.2) is 18.7 Å². The second kappa shape index (κ2) is 7.36.